The van der Waals surface area contributed by atoms with E-state index < -0.39 is 8.32 Å². The van der Waals surface area contributed by atoms with Crippen LogP contribution in [0.2, 0.25) is 23.0 Å². The van der Waals surface area contributed by atoms with E-state index in [1.165, 1.54) is 87.3 Å². The predicted molar refractivity (Wildman–Crippen MR) is 159 cm³/mol. The third kappa shape index (κ3) is 5.58. The molecule has 0 radical (unpaired) electrons. The molecule has 194 valence electrons. The van der Waals surface area contributed by atoms with Crippen molar-refractivity contribution >= 4 is 25.4 Å². The van der Waals surface area contributed by atoms with Crippen LogP contribution in [0.25, 0.3) is 0 Å². The second kappa shape index (κ2) is 11.6. The molecule has 2 aromatic rings. The second-order valence-electron chi connectivity index (χ2n) is 13.5. The Hall–Kier alpha value is -1.32. The summed E-state index contributed by atoms with van der Waals surface area (Å²) < 4.78 is 7.29. The minimum Gasteiger partial charge on any atom is -0.407 e. The van der Waals surface area contributed by atoms with Gasteiger partial charge in [-0.15, -0.1) is 0 Å². The molecule has 0 spiro atoms. The summed E-state index contributed by atoms with van der Waals surface area (Å²) in [6.45, 7) is 9.19. The van der Waals surface area contributed by atoms with Crippen LogP contribution in [-0.4, -0.2) is 21.6 Å². The molecule has 3 fully saturated rings. The first-order valence-electron chi connectivity index (χ1n) is 15.2. The third-order valence-electron chi connectivity index (χ3n) is 10.3. The van der Waals surface area contributed by atoms with Gasteiger partial charge in [0.15, 0.2) is 0 Å². The summed E-state index contributed by atoms with van der Waals surface area (Å²) in [7, 11) is -2.40. The zero-order valence-electron chi connectivity index (χ0n) is 23.3. The van der Waals surface area contributed by atoms with Gasteiger partial charge in [0.1, 0.15) is 6.71 Å². The molecule has 0 amide bonds. The monoisotopic (exact) mass is 500 g/mol. The Balaban J connectivity index is 1.21. The van der Waals surface area contributed by atoms with E-state index in [4.69, 9.17) is 4.43 Å². The highest BCUT2D eigenvalue weighted by Crippen LogP contribution is 2.49. The zero-order chi connectivity index (χ0) is 25.0. The molecule has 0 unspecified atom stereocenters. The molecular formula is C33H49BOSi. The summed E-state index contributed by atoms with van der Waals surface area (Å²) in [5, 5.41) is 2.90. The Labute approximate surface area is 223 Å². The molecular weight excluding hydrogens is 451 g/mol. The SMILES string of the molecule is CC(C)(C)[Si](OCC1CCC(CCB2C3CCCC2CCC3)CC1)(c1ccccc1)c1ccccc1. The maximum Gasteiger partial charge on any atom is 0.261 e. The van der Waals surface area contributed by atoms with E-state index >= 15 is 0 Å². The van der Waals surface area contributed by atoms with Crippen molar-refractivity contribution in [2.24, 2.45) is 11.8 Å². The lowest BCUT2D eigenvalue weighted by molar-refractivity contribution is 0.173. The Kier molecular flexibility index (Phi) is 8.48. The molecule has 1 aliphatic carbocycles. The Morgan fingerprint density at radius 3 is 1.64 bits per heavy atom. The molecule has 2 saturated heterocycles. The summed E-state index contributed by atoms with van der Waals surface area (Å²) in [4.78, 5) is 0. The maximum absolute atomic E-state index is 7.29. The van der Waals surface area contributed by atoms with Gasteiger partial charge in [-0.3, -0.25) is 0 Å². The van der Waals surface area contributed by atoms with Crippen molar-refractivity contribution in [2.45, 2.75) is 114 Å². The maximum atomic E-state index is 7.29. The molecule has 2 bridgehead atoms. The molecule has 2 heterocycles. The van der Waals surface area contributed by atoms with Gasteiger partial charge in [0, 0.05) is 6.61 Å². The number of benzene rings is 2. The molecule has 1 nitrogen and oxygen atoms in total. The van der Waals surface area contributed by atoms with Gasteiger partial charge in [-0.25, -0.2) is 0 Å². The largest absolute Gasteiger partial charge is 0.407 e. The van der Waals surface area contributed by atoms with Gasteiger partial charge in [-0.05, 0) is 40.1 Å². The van der Waals surface area contributed by atoms with Crippen molar-refractivity contribution in [3.63, 3.8) is 0 Å². The summed E-state index contributed by atoms with van der Waals surface area (Å²) in [5.74, 6) is 3.84. The minimum atomic E-state index is -2.40. The highest BCUT2D eigenvalue weighted by molar-refractivity contribution is 6.99. The van der Waals surface area contributed by atoms with Gasteiger partial charge in [0.2, 0.25) is 0 Å². The second-order valence-corrected chi connectivity index (χ2v) is 17.8. The van der Waals surface area contributed by atoms with Crippen LogP contribution in [0.5, 0.6) is 0 Å². The molecule has 5 rings (SSSR count). The van der Waals surface area contributed by atoms with Gasteiger partial charge in [0.25, 0.3) is 8.32 Å². The lowest BCUT2D eigenvalue weighted by atomic mass is 9.25. The van der Waals surface area contributed by atoms with Crippen LogP contribution < -0.4 is 10.4 Å². The molecule has 1 saturated carbocycles. The van der Waals surface area contributed by atoms with Gasteiger partial charge in [-0.2, -0.15) is 0 Å². The van der Waals surface area contributed by atoms with Crippen LogP contribution in [0, 0.1) is 11.8 Å². The van der Waals surface area contributed by atoms with Gasteiger partial charge >= 0.3 is 0 Å². The van der Waals surface area contributed by atoms with Crippen molar-refractivity contribution in [3.8, 4) is 0 Å². The van der Waals surface area contributed by atoms with Crippen LogP contribution in [0.1, 0.15) is 91.4 Å². The number of hydrogen-bond donors (Lipinski definition) is 0. The van der Waals surface area contributed by atoms with E-state index in [1.54, 1.807) is 0 Å². The zero-order valence-corrected chi connectivity index (χ0v) is 24.3. The van der Waals surface area contributed by atoms with Crippen molar-refractivity contribution in [1.29, 1.82) is 0 Å². The van der Waals surface area contributed by atoms with Gasteiger partial charge in [-0.1, -0.05) is 157 Å². The van der Waals surface area contributed by atoms with E-state index in [9.17, 15) is 0 Å². The van der Waals surface area contributed by atoms with Gasteiger partial charge < -0.3 is 4.43 Å². The van der Waals surface area contributed by atoms with E-state index in [-0.39, 0.29) is 5.04 Å². The molecule has 3 heteroatoms. The van der Waals surface area contributed by atoms with E-state index in [0.29, 0.717) is 0 Å². The lowest BCUT2D eigenvalue weighted by Crippen LogP contribution is -2.66. The van der Waals surface area contributed by atoms with Crippen LogP contribution in [0.15, 0.2) is 60.7 Å². The van der Waals surface area contributed by atoms with Crippen molar-refractivity contribution in [3.05, 3.63) is 60.7 Å². The molecule has 0 atom stereocenters. The standard InChI is InChI=1S/C33H49BOSi/c1-33(2,3)36(31-16-6-4-7-17-31,32-18-8-5-9-19-32)35-26-28-22-20-27(21-23-28)24-25-34-29-12-10-13-30(34)15-11-14-29/h4-9,16-19,27-30H,10-15,20-26H2,1-3H3. The topological polar surface area (TPSA) is 9.23 Å². The highest BCUT2D eigenvalue weighted by atomic mass is 28.4. The third-order valence-corrected chi connectivity index (χ3v) is 15.3. The normalized spacial score (nSPS) is 27.1. The fraction of sp³-hybridized carbons (Fsp3) is 0.636. The fourth-order valence-corrected chi connectivity index (χ4v) is 13.0. The molecule has 0 aromatic heterocycles. The molecule has 36 heavy (non-hydrogen) atoms. The summed E-state index contributed by atoms with van der Waals surface area (Å²) in [5.41, 5.74) is 0. The summed E-state index contributed by atoms with van der Waals surface area (Å²) in [6, 6.07) is 22.3. The number of rotatable bonds is 8. The quantitative estimate of drug-likeness (QED) is 0.331. The van der Waals surface area contributed by atoms with E-state index in [2.05, 4.69) is 81.4 Å². The average molecular weight is 501 g/mol. The Bertz CT molecular complexity index is 870. The van der Waals surface area contributed by atoms with Crippen LogP contribution >= 0.6 is 0 Å². The van der Waals surface area contributed by atoms with Crippen LogP contribution in [0.3, 0.4) is 0 Å². The van der Waals surface area contributed by atoms with Crippen molar-refractivity contribution in [1.82, 2.24) is 0 Å². The first-order chi connectivity index (χ1) is 17.5. The Morgan fingerprint density at radius 2 is 1.17 bits per heavy atom. The minimum absolute atomic E-state index is 0.0744. The number of hydrogen-bond acceptors (Lipinski definition) is 1. The summed E-state index contributed by atoms with van der Waals surface area (Å²) in [6.07, 6.45) is 17.8. The first kappa shape index (κ1) is 26.3. The van der Waals surface area contributed by atoms with E-state index in [0.717, 1.165) is 36.8 Å². The number of fused-ring (bicyclic) bond motifs is 2. The smallest absolute Gasteiger partial charge is 0.261 e. The highest BCUT2D eigenvalue weighted by Gasteiger charge is 2.50. The molecule has 0 N–H and O–H groups in total. The van der Waals surface area contributed by atoms with Crippen LogP contribution in [-0.2, 0) is 4.43 Å². The average Bonchev–Trinajstić information content (AvgIpc) is 2.89. The Morgan fingerprint density at radius 1 is 0.694 bits per heavy atom. The van der Waals surface area contributed by atoms with Crippen molar-refractivity contribution < 1.29 is 4.43 Å². The lowest BCUT2D eigenvalue weighted by Gasteiger charge is -2.44. The summed E-state index contributed by atoms with van der Waals surface area (Å²) >= 11 is 0. The molecule has 3 aliphatic rings. The first-order valence-corrected chi connectivity index (χ1v) is 17.1. The van der Waals surface area contributed by atoms with E-state index in [1.807, 2.05) is 0 Å². The van der Waals surface area contributed by atoms with Gasteiger partial charge in [0.05, 0.1) is 0 Å². The fourth-order valence-electron chi connectivity index (χ4n) is 8.41. The molecule has 2 aromatic carbocycles. The van der Waals surface area contributed by atoms with Crippen molar-refractivity contribution in [2.75, 3.05) is 6.61 Å². The predicted octanol–water partition coefficient (Wildman–Crippen LogP) is 8.36. The van der Waals surface area contributed by atoms with Crippen LogP contribution in [0.4, 0.5) is 0 Å². The molecule has 2 aliphatic heterocycles.